The van der Waals surface area contributed by atoms with Crippen LogP contribution in [0.4, 0.5) is 5.69 Å². The zero-order valence-electron chi connectivity index (χ0n) is 7.96. The highest BCUT2D eigenvalue weighted by Crippen LogP contribution is 2.36. The number of benzene rings is 1. The minimum absolute atomic E-state index is 0.530. The number of nitrogens with one attached hydrogen (secondary N) is 1. The highest BCUT2D eigenvalue weighted by molar-refractivity contribution is 5.58. The zero-order valence-corrected chi connectivity index (χ0v) is 7.96. The Labute approximate surface area is 79.1 Å². The van der Waals surface area contributed by atoms with Crippen LogP contribution in [0.25, 0.3) is 0 Å². The van der Waals surface area contributed by atoms with Gasteiger partial charge >= 0.3 is 0 Å². The number of para-hydroxylation sites is 1. The first kappa shape index (κ1) is 8.57. The minimum Gasteiger partial charge on any atom is -0.381 e. The molecule has 2 nitrogen and oxygen atoms in total. The Morgan fingerprint density at radius 2 is 2.15 bits per heavy atom. The molecule has 0 saturated heterocycles. The van der Waals surface area contributed by atoms with Crippen molar-refractivity contribution < 1.29 is 0 Å². The molecule has 0 aromatic heterocycles. The van der Waals surface area contributed by atoms with Gasteiger partial charge in [0.1, 0.15) is 0 Å². The van der Waals surface area contributed by atoms with Crippen molar-refractivity contribution in [1.82, 2.24) is 0 Å². The molecule has 0 spiro atoms. The molecular formula is C11H16N2. The van der Waals surface area contributed by atoms with Crippen molar-refractivity contribution in [3.63, 3.8) is 0 Å². The molecule has 1 aliphatic heterocycles. The van der Waals surface area contributed by atoms with E-state index in [1.807, 2.05) is 0 Å². The SMILES string of the molecule is C[C@H]1c2ccccc2N[C@@H]1CCN. The van der Waals surface area contributed by atoms with Crippen LogP contribution in [0.3, 0.4) is 0 Å². The second kappa shape index (κ2) is 3.38. The summed E-state index contributed by atoms with van der Waals surface area (Å²) in [6, 6.07) is 9.04. The maximum atomic E-state index is 5.57. The van der Waals surface area contributed by atoms with Crippen LogP contribution >= 0.6 is 0 Å². The first-order chi connectivity index (χ1) is 6.33. The Bertz CT molecular complexity index is 296. The van der Waals surface area contributed by atoms with Gasteiger partial charge in [-0.15, -0.1) is 0 Å². The molecule has 1 aromatic rings. The van der Waals surface area contributed by atoms with Gasteiger partial charge < -0.3 is 11.1 Å². The van der Waals surface area contributed by atoms with Crippen molar-refractivity contribution in [2.75, 3.05) is 11.9 Å². The van der Waals surface area contributed by atoms with Gasteiger partial charge in [-0.3, -0.25) is 0 Å². The predicted octanol–water partition coefficient (Wildman–Crippen LogP) is 1.93. The Morgan fingerprint density at radius 1 is 1.38 bits per heavy atom. The van der Waals surface area contributed by atoms with Gasteiger partial charge in [0, 0.05) is 17.6 Å². The van der Waals surface area contributed by atoms with Gasteiger partial charge in [-0.1, -0.05) is 25.1 Å². The second-order valence-electron chi connectivity index (χ2n) is 3.70. The van der Waals surface area contributed by atoms with Crippen LogP contribution in [-0.4, -0.2) is 12.6 Å². The van der Waals surface area contributed by atoms with Gasteiger partial charge in [-0.05, 0) is 24.6 Å². The van der Waals surface area contributed by atoms with E-state index in [9.17, 15) is 0 Å². The molecule has 0 fully saturated rings. The summed E-state index contributed by atoms with van der Waals surface area (Å²) in [5.41, 5.74) is 8.28. The molecule has 0 unspecified atom stereocenters. The average Bonchev–Trinajstić information content (AvgIpc) is 2.46. The molecule has 0 aliphatic carbocycles. The van der Waals surface area contributed by atoms with Gasteiger partial charge in [0.15, 0.2) is 0 Å². The Kier molecular flexibility index (Phi) is 2.23. The number of nitrogens with two attached hydrogens (primary N) is 1. The maximum absolute atomic E-state index is 5.57. The Balaban J connectivity index is 2.22. The molecule has 0 saturated carbocycles. The first-order valence-electron chi connectivity index (χ1n) is 4.88. The number of rotatable bonds is 2. The summed E-state index contributed by atoms with van der Waals surface area (Å²) in [7, 11) is 0. The normalized spacial score (nSPS) is 25.4. The lowest BCUT2D eigenvalue weighted by atomic mass is 9.95. The molecule has 2 atom stereocenters. The van der Waals surface area contributed by atoms with Crippen LogP contribution in [0, 0.1) is 0 Å². The van der Waals surface area contributed by atoms with E-state index in [0.29, 0.717) is 12.0 Å². The summed E-state index contributed by atoms with van der Waals surface area (Å²) >= 11 is 0. The fourth-order valence-corrected chi connectivity index (χ4v) is 2.07. The van der Waals surface area contributed by atoms with Crippen molar-refractivity contribution in [1.29, 1.82) is 0 Å². The molecule has 0 bridgehead atoms. The third-order valence-corrected chi connectivity index (χ3v) is 2.87. The van der Waals surface area contributed by atoms with E-state index in [1.54, 1.807) is 0 Å². The van der Waals surface area contributed by atoms with Crippen molar-refractivity contribution in [3.8, 4) is 0 Å². The van der Waals surface area contributed by atoms with Crippen LogP contribution in [0.2, 0.25) is 0 Å². The van der Waals surface area contributed by atoms with Gasteiger partial charge in [-0.25, -0.2) is 0 Å². The molecular weight excluding hydrogens is 160 g/mol. The molecule has 13 heavy (non-hydrogen) atoms. The van der Waals surface area contributed by atoms with Gasteiger partial charge in [-0.2, -0.15) is 0 Å². The fraction of sp³-hybridized carbons (Fsp3) is 0.455. The molecule has 2 heteroatoms. The standard InChI is InChI=1S/C11H16N2/c1-8-9-4-2-3-5-11(9)13-10(8)6-7-12/h2-5,8,10,13H,6-7,12H2,1H3/t8-,10+/m0/s1. The lowest BCUT2D eigenvalue weighted by molar-refractivity contribution is 0.597. The van der Waals surface area contributed by atoms with E-state index in [2.05, 4.69) is 36.5 Å². The van der Waals surface area contributed by atoms with Crippen molar-refractivity contribution in [2.24, 2.45) is 5.73 Å². The summed E-state index contributed by atoms with van der Waals surface area (Å²) in [6.45, 7) is 3.02. The smallest absolute Gasteiger partial charge is 0.0378 e. The molecule has 0 amide bonds. The lowest BCUT2D eigenvalue weighted by Crippen LogP contribution is -2.22. The van der Waals surface area contributed by atoms with Gasteiger partial charge in [0.05, 0.1) is 0 Å². The third kappa shape index (κ3) is 1.42. The van der Waals surface area contributed by atoms with E-state index in [0.717, 1.165) is 13.0 Å². The van der Waals surface area contributed by atoms with E-state index < -0.39 is 0 Å². The van der Waals surface area contributed by atoms with Crippen LogP contribution in [0.15, 0.2) is 24.3 Å². The number of fused-ring (bicyclic) bond motifs is 1. The second-order valence-corrected chi connectivity index (χ2v) is 3.70. The Hall–Kier alpha value is -1.02. The molecule has 3 N–H and O–H groups in total. The fourth-order valence-electron chi connectivity index (χ4n) is 2.07. The zero-order chi connectivity index (χ0) is 9.26. The van der Waals surface area contributed by atoms with E-state index in [1.165, 1.54) is 11.3 Å². The van der Waals surface area contributed by atoms with E-state index in [4.69, 9.17) is 5.73 Å². The highest BCUT2D eigenvalue weighted by Gasteiger charge is 2.26. The monoisotopic (exact) mass is 176 g/mol. The number of hydrogen-bond acceptors (Lipinski definition) is 2. The van der Waals surface area contributed by atoms with Gasteiger partial charge in [0.2, 0.25) is 0 Å². The van der Waals surface area contributed by atoms with E-state index >= 15 is 0 Å². The quantitative estimate of drug-likeness (QED) is 0.722. The summed E-state index contributed by atoms with van der Waals surface area (Å²) < 4.78 is 0. The predicted molar refractivity (Wildman–Crippen MR) is 55.9 cm³/mol. The lowest BCUT2D eigenvalue weighted by Gasteiger charge is -2.14. The van der Waals surface area contributed by atoms with Crippen molar-refractivity contribution in [3.05, 3.63) is 29.8 Å². The molecule has 70 valence electrons. The summed E-state index contributed by atoms with van der Waals surface area (Å²) in [5.74, 6) is 0.597. The summed E-state index contributed by atoms with van der Waals surface area (Å²) in [5, 5.41) is 3.51. The summed E-state index contributed by atoms with van der Waals surface area (Å²) in [6.07, 6.45) is 1.05. The molecule has 2 rings (SSSR count). The van der Waals surface area contributed by atoms with Crippen molar-refractivity contribution >= 4 is 5.69 Å². The first-order valence-corrected chi connectivity index (χ1v) is 4.88. The molecule has 1 aliphatic rings. The van der Waals surface area contributed by atoms with Crippen LogP contribution in [0.5, 0.6) is 0 Å². The highest BCUT2D eigenvalue weighted by atomic mass is 15.0. The van der Waals surface area contributed by atoms with Crippen LogP contribution < -0.4 is 11.1 Å². The van der Waals surface area contributed by atoms with Crippen molar-refractivity contribution in [2.45, 2.75) is 25.3 Å². The Morgan fingerprint density at radius 3 is 2.85 bits per heavy atom. The van der Waals surface area contributed by atoms with E-state index in [-0.39, 0.29) is 0 Å². The molecule has 1 heterocycles. The summed E-state index contributed by atoms with van der Waals surface area (Å²) in [4.78, 5) is 0. The molecule has 1 aromatic carbocycles. The number of hydrogen-bond donors (Lipinski definition) is 2. The molecule has 0 radical (unpaired) electrons. The average molecular weight is 176 g/mol. The van der Waals surface area contributed by atoms with Crippen LogP contribution in [-0.2, 0) is 0 Å². The van der Waals surface area contributed by atoms with Gasteiger partial charge in [0.25, 0.3) is 0 Å². The number of anilines is 1. The largest absolute Gasteiger partial charge is 0.381 e. The topological polar surface area (TPSA) is 38.0 Å². The minimum atomic E-state index is 0.530. The third-order valence-electron chi connectivity index (χ3n) is 2.87. The maximum Gasteiger partial charge on any atom is 0.0378 e. The van der Waals surface area contributed by atoms with Crippen LogP contribution in [0.1, 0.15) is 24.8 Å².